The third kappa shape index (κ3) is 5.81. The van der Waals surface area contributed by atoms with Crippen molar-refractivity contribution in [2.45, 2.75) is 46.4 Å². The first-order valence-electron chi connectivity index (χ1n) is 11.1. The molecule has 0 unspecified atom stereocenters. The van der Waals surface area contributed by atoms with Crippen LogP contribution in [0.3, 0.4) is 0 Å². The minimum atomic E-state index is -3.73. The maximum absolute atomic E-state index is 14.8. The van der Waals surface area contributed by atoms with Crippen molar-refractivity contribution >= 4 is 44.0 Å². The third-order valence-electron chi connectivity index (χ3n) is 5.34. The van der Waals surface area contributed by atoms with Gasteiger partial charge in [0.2, 0.25) is 11.8 Å². The Balaban J connectivity index is 2.15. The molecule has 0 saturated carbocycles. The highest BCUT2D eigenvalue weighted by Gasteiger charge is 2.25. The molecule has 0 saturated heterocycles. The van der Waals surface area contributed by atoms with Crippen LogP contribution in [0.1, 0.15) is 41.5 Å². The summed E-state index contributed by atoms with van der Waals surface area (Å²) in [6.07, 6.45) is 0.992. The van der Waals surface area contributed by atoms with Gasteiger partial charge in [0.1, 0.15) is 17.2 Å². The van der Waals surface area contributed by atoms with Crippen LogP contribution in [-0.4, -0.2) is 26.5 Å². The first kappa shape index (κ1) is 27.1. The van der Waals surface area contributed by atoms with Crippen molar-refractivity contribution in [3.05, 3.63) is 52.4 Å². The number of sulfone groups is 1. The predicted molar refractivity (Wildman–Crippen MR) is 137 cm³/mol. The molecule has 2 amide bonds. The summed E-state index contributed by atoms with van der Waals surface area (Å²) in [4.78, 5) is 37.7. The molecule has 2 N–H and O–H groups in total. The van der Waals surface area contributed by atoms with E-state index < -0.39 is 37.8 Å². The van der Waals surface area contributed by atoms with Crippen LogP contribution in [0.4, 0.5) is 15.8 Å². The summed E-state index contributed by atoms with van der Waals surface area (Å²) < 4.78 is 45.2. The number of halogens is 1. The third-order valence-corrected chi connectivity index (χ3v) is 6.44. The number of carbonyl (C=O) groups is 2. The van der Waals surface area contributed by atoms with Gasteiger partial charge in [-0.05, 0) is 24.3 Å². The molecular weight excluding hydrogens is 487 g/mol. The highest BCUT2D eigenvalue weighted by molar-refractivity contribution is 7.90. The molecule has 36 heavy (non-hydrogen) atoms. The predicted octanol–water partition coefficient (Wildman–Crippen LogP) is 4.97. The molecule has 3 aromatic rings. The van der Waals surface area contributed by atoms with Crippen molar-refractivity contribution in [3.63, 3.8) is 0 Å². The Morgan fingerprint density at radius 3 is 1.92 bits per heavy atom. The Hall–Kier alpha value is -3.53. The maximum Gasteiger partial charge on any atom is 0.229 e. The Bertz CT molecular complexity index is 1540. The first-order valence-corrected chi connectivity index (χ1v) is 13.0. The number of benzene rings is 2. The molecule has 0 atom stereocenters. The number of nitrogens with one attached hydrogen (secondary N) is 2. The van der Waals surface area contributed by atoms with Crippen molar-refractivity contribution in [2.24, 2.45) is 10.8 Å². The van der Waals surface area contributed by atoms with Crippen LogP contribution in [0.2, 0.25) is 0 Å². The number of hydrogen-bond acceptors (Lipinski definition) is 6. The fourth-order valence-electron chi connectivity index (χ4n) is 3.11. The van der Waals surface area contributed by atoms with Gasteiger partial charge in [0.25, 0.3) is 0 Å². The summed E-state index contributed by atoms with van der Waals surface area (Å²) in [6.45, 7) is 10.1. The lowest BCUT2D eigenvalue weighted by Crippen LogP contribution is -2.28. The van der Waals surface area contributed by atoms with Crippen molar-refractivity contribution < 1.29 is 26.8 Å². The molecule has 10 heteroatoms. The van der Waals surface area contributed by atoms with E-state index in [1.54, 1.807) is 41.5 Å². The number of fused-ring (bicyclic) bond motifs is 1. The molecule has 0 aliphatic carbocycles. The Labute approximate surface area is 208 Å². The number of anilines is 2. The second kappa shape index (κ2) is 9.16. The highest BCUT2D eigenvalue weighted by Crippen LogP contribution is 2.32. The van der Waals surface area contributed by atoms with Crippen molar-refractivity contribution in [1.82, 2.24) is 0 Å². The largest absolute Gasteiger partial charge is 0.456 e. The molecule has 2 aromatic carbocycles. The SMILES string of the molecule is CC(C)(C)C(=O)Nc1ccc(-c2cc(=O)c3c(NC(=O)C(C)(C)C)cc(S(C)(=O)=O)cc3o2)cc1F. The first-order chi connectivity index (χ1) is 16.4. The van der Waals surface area contributed by atoms with E-state index in [1.165, 1.54) is 24.3 Å². The average molecular weight is 517 g/mol. The van der Waals surface area contributed by atoms with Crippen LogP contribution in [0, 0.1) is 16.6 Å². The van der Waals surface area contributed by atoms with E-state index >= 15 is 0 Å². The zero-order chi connectivity index (χ0) is 27.2. The molecule has 0 bridgehead atoms. The van der Waals surface area contributed by atoms with E-state index in [2.05, 4.69) is 10.6 Å². The summed E-state index contributed by atoms with van der Waals surface area (Å²) in [6, 6.07) is 7.46. The second-order valence-electron chi connectivity index (χ2n) is 10.7. The normalized spacial score (nSPS) is 12.4. The van der Waals surface area contributed by atoms with Crippen molar-refractivity contribution in [1.29, 1.82) is 0 Å². The molecule has 0 fully saturated rings. The Kier molecular flexibility index (Phi) is 6.89. The van der Waals surface area contributed by atoms with E-state index in [0.717, 1.165) is 18.4 Å². The second-order valence-corrected chi connectivity index (χ2v) is 12.7. The summed E-state index contributed by atoms with van der Waals surface area (Å²) in [5.41, 5.74) is -2.02. The molecule has 1 aromatic heterocycles. The molecule has 0 spiro atoms. The van der Waals surface area contributed by atoms with Crippen molar-refractivity contribution in [2.75, 3.05) is 16.9 Å². The Morgan fingerprint density at radius 2 is 1.42 bits per heavy atom. The molecule has 0 radical (unpaired) electrons. The summed E-state index contributed by atoms with van der Waals surface area (Å²) in [7, 11) is -3.73. The lowest BCUT2D eigenvalue weighted by Gasteiger charge is -2.19. The van der Waals surface area contributed by atoms with Gasteiger partial charge in [-0.3, -0.25) is 14.4 Å². The molecule has 0 aliphatic heterocycles. The standard InChI is InChI=1S/C26H29FN2O6S/c1-25(2,3)23(31)28-17-9-8-14(10-16(17)27)20-13-19(30)22-18(29-24(32)26(4,5)6)11-15(36(7,33)34)12-21(22)35-20/h8-13H,1-7H3,(H,28,31)(H,29,32). The minimum absolute atomic E-state index is 0.000397. The summed E-state index contributed by atoms with van der Waals surface area (Å²) >= 11 is 0. The number of amides is 2. The molecule has 1 heterocycles. The topological polar surface area (TPSA) is 123 Å². The van der Waals surface area contributed by atoms with E-state index in [4.69, 9.17) is 4.42 Å². The minimum Gasteiger partial charge on any atom is -0.456 e. The number of carbonyl (C=O) groups excluding carboxylic acids is 2. The van der Waals surface area contributed by atoms with Crippen LogP contribution < -0.4 is 16.1 Å². The smallest absolute Gasteiger partial charge is 0.229 e. The zero-order valence-electron chi connectivity index (χ0n) is 21.2. The lowest BCUT2D eigenvalue weighted by molar-refractivity contribution is -0.123. The lowest BCUT2D eigenvalue weighted by atomic mass is 9.95. The van der Waals surface area contributed by atoms with Gasteiger partial charge in [0, 0.05) is 34.8 Å². The van der Waals surface area contributed by atoms with Gasteiger partial charge in [-0.25, -0.2) is 12.8 Å². The van der Waals surface area contributed by atoms with E-state index in [0.29, 0.717) is 0 Å². The number of hydrogen-bond donors (Lipinski definition) is 2. The maximum atomic E-state index is 14.8. The zero-order valence-corrected chi connectivity index (χ0v) is 22.0. The molecule has 3 rings (SSSR count). The number of rotatable bonds is 4. The monoisotopic (exact) mass is 516 g/mol. The van der Waals surface area contributed by atoms with E-state index in [-0.39, 0.29) is 44.5 Å². The van der Waals surface area contributed by atoms with Crippen molar-refractivity contribution in [3.8, 4) is 11.3 Å². The van der Waals surface area contributed by atoms with Gasteiger partial charge < -0.3 is 15.1 Å². The summed E-state index contributed by atoms with van der Waals surface area (Å²) in [5.74, 6) is -1.55. The molecular formula is C26H29FN2O6S. The van der Waals surface area contributed by atoms with Gasteiger partial charge >= 0.3 is 0 Å². The fourth-order valence-corrected chi connectivity index (χ4v) is 3.76. The summed E-state index contributed by atoms with van der Waals surface area (Å²) in [5, 5.41) is 5.12. The van der Waals surface area contributed by atoms with E-state index in [9.17, 15) is 27.2 Å². The van der Waals surface area contributed by atoms with Crippen LogP contribution in [-0.2, 0) is 19.4 Å². The average Bonchev–Trinajstić information content (AvgIpc) is 2.72. The van der Waals surface area contributed by atoms with Crippen LogP contribution in [0.25, 0.3) is 22.3 Å². The van der Waals surface area contributed by atoms with E-state index in [1.807, 2.05) is 0 Å². The van der Waals surface area contributed by atoms with Crippen LogP contribution in [0.5, 0.6) is 0 Å². The van der Waals surface area contributed by atoms with Gasteiger partial charge in [-0.2, -0.15) is 0 Å². The molecule has 8 nitrogen and oxygen atoms in total. The van der Waals surface area contributed by atoms with Gasteiger partial charge in [0.05, 0.1) is 21.7 Å². The molecule has 0 aliphatic rings. The van der Waals surface area contributed by atoms with Crippen LogP contribution in [0.15, 0.2) is 50.5 Å². The molecule has 192 valence electrons. The van der Waals surface area contributed by atoms with Gasteiger partial charge in [0.15, 0.2) is 15.3 Å². The van der Waals surface area contributed by atoms with Gasteiger partial charge in [-0.15, -0.1) is 0 Å². The Morgan fingerprint density at radius 1 is 0.861 bits per heavy atom. The quantitative estimate of drug-likeness (QED) is 0.505. The van der Waals surface area contributed by atoms with Gasteiger partial charge in [-0.1, -0.05) is 41.5 Å². The highest BCUT2D eigenvalue weighted by atomic mass is 32.2. The fraction of sp³-hybridized carbons (Fsp3) is 0.346. The van der Waals surface area contributed by atoms with Crippen LogP contribution >= 0.6 is 0 Å².